The molecular weight excluding hydrogens is 136 g/mol. The number of nitrogens with two attached hydrogens (primary N) is 1. The zero-order valence-electron chi connectivity index (χ0n) is 7.56. The first-order chi connectivity index (χ1) is 5.41. The van der Waals surface area contributed by atoms with E-state index in [0.29, 0.717) is 0 Å². The van der Waals surface area contributed by atoms with Gasteiger partial charge in [0.15, 0.2) is 5.15 Å². The van der Waals surface area contributed by atoms with Gasteiger partial charge in [0.2, 0.25) is 0 Å². The van der Waals surface area contributed by atoms with Crippen molar-refractivity contribution in [3.63, 3.8) is 0 Å². The van der Waals surface area contributed by atoms with Crippen LogP contribution in [0.2, 0.25) is 5.15 Å². The van der Waals surface area contributed by atoms with Gasteiger partial charge in [0.25, 0.3) is 0 Å². The molecule has 1 aromatic rings. The Kier molecular flexibility index (Phi) is 0.848. The zero-order valence-corrected chi connectivity index (χ0v) is 5.31. The summed E-state index contributed by atoms with van der Waals surface area (Å²) in [5.41, 5.74) is 5.60. The number of aromatic nitrogens is 1. The van der Waals surface area contributed by atoms with E-state index in [2.05, 4.69) is 4.98 Å². The van der Waals surface area contributed by atoms with Crippen LogP contribution in [0.4, 0.5) is 5.69 Å². The van der Waals surface area contributed by atoms with E-state index in [1.165, 1.54) is 12.1 Å². The molecule has 3 heteroatoms. The van der Waals surface area contributed by atoms with E-state index < -0.39 is 6.85 Å². The molecule has 0 radical (unpaired) electrons. The lowest BCUT2D eigenvalue weighted by atomic mass is 10.3. The van der Waals surface area contributed by atoms with Gasteiger partial charge in [0.1, 0.15) is 0 Å². The van der Waals surface area contributed by atoms with Gasteiger partial charge in [-0.1, -0.05) is 11.6 Å². The minimum Gasteiger partial charge on any atom is -0.396 e. The van der Waals surface area contributed by atoms with Crippen LogP contribution in [0.25, 0.3) is 0 Å². The summed E-state index contributed by atoms with van der Waals surface area (Å²) >= 11 is 5.53. The summed E-state index contributed by atoms with van der Waals surface area (Å²) in [6, 6.07) is 2.77. The normalized spacial score (nSPS) is 15.9. The van der Waals surface area contributed by atoms with Crippen LogP contribution in [-0.4, -0.2) is 4.98 Å². The lowest BCUT2D eigenvalue weighted by Crippen LogP contribution is -1.89. The van der Waals surface area contributed by atoms with Gasteiger partial charge in [-0.3, -0.25) is 0 Å². The number of pyridine rings is 1. The SMILES string of the molecule is [2H]C([2H])([2H])c1ccc(N)c(Cl)n1. The molecule has 2 N–H and O–H groups in total. The molecule has 0 aliphatic rings. The van der Waals surface area contributed by atoms with Crippen molar-refractivity contribution in [1.29, 1.82) is 0 Å². The Hall–Kier alpha value is -0.760. The number of aryl methyl sites for hydroxylation is 1. The van der Waals surface area contributed by atoms with Crippen LogP contribution >= 0.6 is 11.6 Å². The minimum absolute atomic E-state index is 0.0311. The van der Waals surface area contributed by atoms with Crippen LogP contribution in [0.15, 0.2) is 12.1 Å². The summed E-state index contributed by atoms with van der Waals surface area (Å²) in [6.07, 6.45) is 0. The fourth-order valence-electron chi connectivity index (χ4n) is 0.445. The summed E-state index contributed by atoms with van der Waals surface area (Å²) in [5.74, 6) is 0. The van der Waals surface area contributed by atoms with Crippen molar-refractivity contribution in [2.45, 2.75) is 6.85 Å². The molecule has 2 nitrogen and oxygen atoms in total. The highest BCUT2D eigenvalue weighted by molar-refractivity contribution is 6.31. The molecule has 0 unspecified atom stereocenters. The predicted molar refractivity (Wildman–Crippen MR) is 38.4 cm³/mol. The van der Waals surface area contributed by atoms with Gasteiger partial charge in [-0.25, -0.2) is 4.98 Å². The second-order valence-corrected chi connectivity index (χ2v) is 1.93. The van der Waals surface area contributed by atoms with Crippen LogP contribution < -0.4 is 5.73 Å². The van der Waals surface area contributed by atoms with Crippen molar-refractivity contribution >= 4 is 17.3 Å². The first-order valence-corrected chi connectivity index (χ1v) is 2.71. The average molecular weight is 146 g/mol. The topological polar surface area (TPSA) is 38.9 Å². The van der Waals surface area contributed by atoms with Gasteiger partial charge in [-0.2, -0.15) is 0 Å². The van der Waals surface area contributed by atoms with E-state index in [1.807, 2.05) is 0 Å². The van der Waals surface area contributed by atoms with Crippen LogP contribution in [0.5, 0.6) is 0 Å². The quantitative estimate of drug-likeness (QED) is 0.564. The maximum Gasteiger partial charge on any atom is 0.152 e. The third-order valence-corrected chi connectivity index (χ3v) is 1.18. The Bertz CT molecular complexity index is 297. The van der Waals surface area contributed by atoms with Crippen LogP contribution in [0.1, 0.15) is 9.81 Å². The Labute approximate surface area is 62.9 Å². The van der Waals surface area contributed by atoms with Gasteiger partial charge in [-0.15, -0.1) is 0 Å². The monoisotopic (exact) mass is 145 g/mol. The number of hydrogen-bond acceptors (Lipinski definition) is 2. The van der Waals surface area contributed by atoms with Gasteiger partial charge in [0, 0.05) is 9.81 Å². The zero-order chi connectivity index (χ0) is 9.35. The number of anilines is 1. The number of halogens is 1. The summed E-state index contributed by atoms with van der Waals surface area (Å²) in [4.78, 5) is 3.62. The molecule has 1 heterocycles. The summed E-state index contributed by atoms with van der Waals surface area (Å²) in [6.45, 7) is -2.22. The van der Waals surface area contributed by atoms with Gasteiger partial charge < -0.3 is 5.73 Å². The molecule has 0 saturated heterocycles. The number of nitrogen functional groups attached to an aromatic ring is 1. The fraction of sp³-hybridized carbons (Fsp3) is 0.167. The maximum atomic E-state index is 7.01. The molecular formula is C6H7ClN2. The Morgan fingerprint density at radius 1 is 1.78 bits per heavy atom. The molecule has 0 amide bonds. The first kappa shape index (κ1) is 3.42. The highest BCUT2D eigenvalue weighted by atomic mass is 35.5. The average Bonchev–Trinajstić information content (AvgIpc) is 1.92. The van der Waals surface area contributed by atoms with Crippen molar-refractivity contribution in [2.75, 3.05) is 5.73 Å². The minimum atomic E-state index is -2.22. The fourth-order valence-corrected chi connectivity index (χ4v) is 0.599. The molecule has 0 aromatic carbocycles. The molecule has 0 spiro atoms. The lowest BCUT2D eigenvalue weighted by Gasteiger charge is -1.95. The van der Waals surface area contributed by atoms with E-state index in [-0.39, 0.29) is 16.5 Å². The van der Waals surface area contributed by atoms with E-state index in [1.54, 1.807) is 0 Å². The molecule has 0 aliphatic carbocycles. The molecule has 0 aliphatic heterocycles. The third kappa shape index (κ3) is 1.33. The smallest absolute Gasteiger partial charge is 0.152 e. The molecule has 48 valence electrons. The number of hydrogen-bond donors (Lipinski definition) is 1. The molecule has 0 bridgehead atoms. The molecule has 9 heavy (non-hydrogen) atoms. The second-order valence-electron chi connectivity index (χ2n) is 1.58. The highest BCUT2D eigenvalue weighted by Gasteiger charge is 1.93. The van der Waals surface area contributed by atoms with Gasteiger partial charge in [0.05, 0.1) is 5.69 Å². The largest absolute Gasteiger partial charge is 0.396 e. The van der Waals surface area contributed by atoms with E-state index in [4.69, 9.17) is 21.4 Å². The van der Waals surface area contributed by atoms with Crippen molar-refractivity contribution in [3.8, 4) is 0 Å². The van der Waals surface area contributed by atoms with Gasteiger partial charge >= 0.3 is 0 Å². The predicted octanol–water partition coefficient (Wildman–Crippen LogP) is 1.63. The van der Waals surface area contributed by atoms with Crippen molar-refractivity contribution in [3.05, 3.63) is 23.0 Å². The van der Waals surface area contributed by atoms with Crippen molar-refractivity contribution in [2.24, 2.45) is 0 Å². The van der Waals surface area contributed by atoms with Crippen molar-refractivity contribution < 1.29 is 4.11 Å². The Morgan fingerprint density at radius 3 is 3.11 bits per heavy atom. The third-order valence-electron chi connectivity index (χ3n) is 0.878. The highest BCUT2D eigenvalue weighted by Crippen LogP contribution is 2.14. The van der Waals surface area contributed by atoms with Gasteiger partial charge in [-0.05, 0) is 19.0 Å². The summed E-state index contributed by atoms with van der Waals surface area (Å²) < 4.78 is 21.0. The molecule has 0 saturated carbocycles. The molecule has 0 fully saturated rings. The Balaban J connectivity index is 3.14. The van der Waals surface area contributed by atoms with E-state index in [0.717, 1.165) is 0 Å². The van der Waals surface area contributed by atoms with Crippen LogP contribution in [-0.2, 0) is 0 Å². The summed E-state index contributed by atoms with van der Waals surface area (Å²) in [7, 11) is 0. The Morgan fingerprint density at radius 2 is 2.56 bits per heavy atom. The second kappa shape index (κ2) is 2.23. The van der Waals surface area contributed by atoms with Crippen LogP contribution in [0, 0.1) is 6.85 Å². The lowest BCUT2D eigenvalue weighted by molar-refractivity contribution is 1.20. The van der Waals surface area contributed by atoms with Crippen LogP contribution in [0.3, 0.4) is 0 Å². The van der Waals surface area contributed by atoms with Crippen molar-refractivity contribution in [1.82, 2.24) is 4.98 Å². The van der Waals surface area contributed by atoms with E-state index in [9.17, 15) is 0 Å². The first-order valence-electron chi connectivity index (χ1n) is 3.84. The summed E-state index contributed by atoms with van der Waals surface area (Å²) in [5, 5.41) is 0.0311. The molecule has 0 atom stereocenters. The molecule has 1 aromatic heterocycles. The number of rotatable bonds is 0. The standard InChI is InChI=1S/C6H7ClN2/c1-4-2-3-5(8)6(7)9-4/h2-3H,8H2,1H3/i1D3. The number of nitrogens with zero attached hydrogens (tertiary/aromatic N) is 1. The molecule has 1 rings (SSSR count). The maximum absolute atomic E-state index is 7.01. The van der Waals surface area contributed by atoms with E-state index >= 15 is 0 Å².